The molecule has 106 valence electrons. The highest BCUT2D eigenvalue weighted by atomic mass is 14.1. The Morgan fingerprint density at radius 3 is 2.05 bits per heavy atom. The highest BCUT2D eigenvalue weighted by Crippen LogP contribution is 2.27. The summed E-state index contributed by atoms with van der Waals surface area (Å²) >= 11 is 0. The van der Waals surface area contributed by atoms with E-state index in [0.29, 0.717) is 0 Å². The average molecular weight is 266 g/mol. The average Bonchev–Trinajstić information content (AvgIpc) is 2.52. The normalized spacial score (nSPS) is 12.2. The molecule has 1 unspecified atom stereocenters. The summed E-state index contributed by atoms with van der Waals surface area (Å²) in [4.78, 5) is 0. The summed E-state index contributed by atoms with van der Waals surface area (Å²) in [5.74, 6) is 0.747. The van der Waals surface area contributed by atoms with E-state index in [1.54, 1.807) is 0 Å². The predicted molar refractivity (Wildman–Crippen MR) is 88.1 cm³/mol. The van der Waals surface area contributed by atoms with Crippen molar-refractivity contribution in [3.63, 3.8) is 0 Å². The smallest absolute Gasteiger partial charge is 0.0162 e. The molecule has 0 heteroatoms. The van der Waals surface area contributed by atoms with Crippen molar-refractivity contribution in [3.8, 4) is 0 Å². The van der Waals surface area contributed by atoms with Gasteiger partial charge in [0, 0.05) is 0 Å². The number of aryl methyl sites for hydroxylation is 1. The third-order valence-corrected chi connectivity index (χ3v) is 4.02. The van der Waals surface area contributed by atoms with Crippen LogP contribution in [0.4, 0.5) is 0 Å². The molecule has 0 nitrogen and oxygen atoms in total. The first-order chi connectivity index (χ1) is 9.90. The maximum atomic E-state index is 2.29. The van der Waals surface area contributed by atoms with E-state index < -0.39 is 0 Å². The minimum absolute atomic E-state index is 0.747. The Labute approximate surface area is 123 Å². The highest BCUT2D eigenvalue weighted by molar-refractivity contribution is 5.19. The molecule has 0 heterocycles. The molecule has 0 fully saturated rings. The lowest BCUT2D eigenvalue weighted by Gasteiger charge is -2.16. The van der Waals surface area contributed by atoms with E-state index in [1.807, 2.05) is 0 Å². The summed E-state index contributed by atoms with van der Waals surface area (Å²) in [5.41, 5.74) is 2.99. The number of hydrogen-bond donors (Lipinski definition) is 0. The summed E-state index contributed by atoms with van der Waals surface area (Å²) in [6.07, 6.45) is 7.76. The minimum atomic E-state index is 0.747. The Morgan fingerprint density at radius 1 is 0.750 bits per heavy atom. The molecule has 0 aliphatic heterocycles. The quantitative estimate of drug-likeness (QED) is 0.515. The minimum Gasteiger partial charge on any atom is -0.0654 e. The van der Waals surface area contributed by atoms with Crippen LogP contribution >= 0.6 is 0 Å². The molecular weight excluding hydrogens is 240 g/mol. The van der Waals surface area contributed by atoms with E-state index in [9.17, 15) is 0 Å². The molecule has 2 aromatic rings. The third-order valence-electron chi connectivity index (χ3n) is 4.02. The number of unbranched alkanes of at least 4 members (excludes halogenated alkanes) is 1. The second-order valence-corrected chi connectivity index (χ2v) is 5.63. The van der Waals surface area contributed by atoms with Crippen LogP contribution in [0.1, 0.15) is 56.1 Å². The van der Waals surface area contributed by atoms with Crippen LogP contribution in [0.2, 0.25) is 0 Å². The van der Waals surface area contributed by atoms with Gasteiger partial charge in [0.2, 0.25) is 0 Å². The van der Waals surface area contributed by atoms with Crippen molar-refractivity contribution in [2.24, 2.45) is 0 Å². The van der Waals surface area contributed by atoms with Crippen LogP contribution in [-0.4, -0.2) is 0 Å². The molecule has 0 aliphatic carbocycles. The fourth-order valence-electron chi connectivity index (χ4n) is 2.92. The van der Waals surface area contributed by atoms with Crippen LogP contribution < -0.4 is 0 Å². The van der Waals surface area contributed by atoms with E-state index in [2.05, 4.69) is 67.6 Å². The van der Waals surface area contributed by atoms with Crippen molar-refractivity contribution in [1.29, 1.82) is 0 Å². The van der Waals surface area contributed by atoms with Crippen molar-refractivity contribution in [2.45, 2.75) is 51.4 Å². The molecule has 20 heavy (non-hydrogen) atoms. The van der Waals surface area contributed by atoms with E-state index >= 15 is 0 Å². The molecule has 0 N–H and O–H groups in total. The second-order valence-electron chi connectivity index (χ2n) is 5.63. The Balaban J connectivity index is 1.78. The Kier molecular flexibility index (Phi) is 6.37. The monoisotopic (exact) mass is 266 g/mol. The molecule has 0 aliphatic rings. The first kappa shape index (κ1) is 14.8. The van der Waals surface area contributed by atoms with Gasteiger partial charge in [0.05, 0.1) is 0 Å². The van der Waals surface area contributed by atoms with Crippen LogP contribution in [0.25, 0.3) is 0 Å². The lowest BCUT2D eigenvalue weighted by atomic mass is 9.89. The van der Waals surface area contributed by atoms with Crippen molar-refractivity contribution < 1.29 is 0 Å². The van der Waals surface area contributed by atoms with Crippen LogP contribution in [0.15, 0.2) is 60.7 Å². The van der Waals surface area contributed by atoms with Gasteiger partial charge in [0.25, 0.3) is 0 Å². The van der Waals surface area contributed by atoms with Gasteiger partial charge in [-0.2, -0.15) is 0 Å². The van der Waals surface area contributed by atoms with Crippen molar-refractivity contribution in [1.82, 2.24) is 0 Å². The summed E-state index contributed by atoms with van der Waals surface area (Å²) in [6, 6.07) is 21.9. The molecule has 0 radical (unpaired) electrons. The predicted octanol–water partition coefficient (Wildman–Crippen LogP) is 5.98. The molecule has 0 amide bonds. The van der Waals surface area contributed by atoms with Crippen LogP contribution in [-0.2, 0) is 6.42 Å². The largest absolute Gasteiger partial charge is 0.0654 e. The Bertz CT molecular complexity index is 458. The molecular formula is C20H26. The zero-order chi connectivity index (χ0) is 14.0. The number of benzene rings is 2. The Hall–Kier alpha value is -1.56. The summed E-state index contributed by atoms with van der Waals surface area (Å²) in [6.45, 7) is 2.29. The molecule has 0 saturated heterocycles. The number of hydrogen-bond acceptors (Lipinski definition) is 0. The van der Waals surface area contributed by atoms with Crippen molar-refractivity contribution >= 4 is 0 Å². The fraction of sp³-hybridized carbons (Fsp3) is 0.400. The number of rotatable bonds is 8. The zero-order valence-electron chi connectivity index (χ0n) is 12.6. The second kappa shape index (κ2) is 8.58. The topological polar surface area (TPSA) is 0 Å². The van der Waals surface area contributed by atoms with Crippen LogP contribution in [0.3, 0.4) is 0 Å². The molecule has 0 bridgehead atoms. The third kappa shape index (κ3) is 4.85. The summed E-state index contributed by atoms with van der Waals surface area (Å²) in [5, 5.41) is 0. The molecule has 2 aromatic carbocycles. The molecule has 1 atom stereocenters. The van der Waals surface area contributed by atoms with Gasteiger partial charge in [0.1, 0.15) is 0 Å². The molecule has 0 aromatic heterocycles. The van der Waals surface area contributed by atoms with Gasteiger partial charge in [-0.1, -0.05) is 80.4 Å². The van der Waals surface area contributed by atoms with E-state index in [1.165, 1.54) is 49.7 Å². The maximum absolute atomic E-state index is 2.29. The van der Waals surface area contributed by atoms with E-state index in [4.69, 9.17) is 0 Å². The lowest BCUT2D eigenvalue weighted by molar-refractivity contribution is 0.532. The van der Waals surface area contributed by atoms with Crippen molar-refractivity contribution in [3.05, 3.63) is 71.8 Å². The molecule has 0 saturated carbocycles. The summed E-state index contributed by atoms with van der Waals surface area (Å²) in [7, 11) is 0. The first-order valence-corrected chi connectivity index (χ1v) is 7.99. The maximum Gasteiger partial charge on any atom is -0.0162 e. The molecule has 0 spiro atoms. The van der Waals surface area contributed by atoms with Crippen molar-refractivity contribution in [2.75, 3.05) is 0 Å². The fourth-order valence-corrected chi connectivity index (χ4v) is 2.92. The van der Waals surface area contributed by atoms with E-state index in [-0.39, 0.29) is 0 Å². The van der Waals surface area contributed by atoms with Gasteiger partial charge in [0.15, 0.2) is 0 Å². The van der Waals surface area contributed by atoms with Gasteiger partial charge < -0.3 is 0 Å². The Morgan fingerprint density at radius 2 is 1.40 bits per heavy atom. The first-order valence-electron chi connectivity index (χ1n) is 7.99. The van der Waals surface area contributed by atoms with Gasteiger partial charge in [-0.05, 0) is 42.7 Å². The van der Waals surface area contributed by atoms with Crippen LogP contribution in [0, 0.1) is 0 Å². The van der Waals surface area contributed by atoms with E-state index in [0.717, 1.165) is 5.92 Å². The van der Waals surface area contributed by atoms with Crippen LogP contribution in [0.5, 0.6) is 0 Å². The van der Waals surface area contributed by atoms with Gasteiger partial charge in [-0.3, -0.25) is 0 Å². The summed E-state index contributed by atoms with van der Waals surface area (Å²) < 4.78 is 0. The highest BCUT2D eigenvalue weighted by Gasteiger charge is 2.09. The van der Waals surface area contributed by atoms with Gasteiger partial charge >= 0.3 is 0 Å². The lowest BCUT2D eigenvalue weighted by Crippen LogP contribution is -1.99. The standard InChI is InChI=1S/C20H26/c1-2-11-19(20-15-7-4-8-16-20)17-10-9-14-18-12-5-3-6-13-18/h3-8,12-13,15-16,19H,2,9-11,14,17H2,1H3. The zero-order valence-corrected chi connectivity index (χ0v) is 12.6. The van der Waals surface area contributed by atoms with Gasteiger partial charge in [-0.15, -0.1) is 0 Å². The SMILES string of the molecule is CCCC(CCCCc1ccccc1)c1ccccc1. The molecule has 2 rings (SSSR count). The van der Waals surface area contributed by atoms with Gasteiger partial charge in [-0.25, -0.2) is 0 Å².